The molecule has 28 heavy (non-hydrogen) atoms. The minimum Gasteiger partial charge on any atom is -0.379 e. The van der Waals surface area contributed by atoms with Gasteiger partial charge in [-0.15, -0.1) is 12.4 Å². The standard InChI is InChI=1S/C19H30FN3O3S.ClH/c1-16-5-6-17(20)14-19(16)27(24,25)23(18-4-2-7-21-15-18)9-3-8-22-10-12-26-13-11-22;/h5-6,14,18,21H,2-4,7-13,15H2,1H3;1H. The molecular formula is C19H31ClFN3O3S. The van der Waals surface area contributed by atoms with E-state index in [1.54, 1.807) is 11.2 Å². The zero-order valence-corrected chi connectivity index (χ0v) is 18.0. The zero-order valence-electron chi connectivity index (χ0n) is 16.4. The van der Waals surface area contributed by atoms with E-state index in [1.807, 2.05) is 0 Å². The summed E-state index contributed by atoms with van der Waals surface area (Å²) in [6.07, 6.45) is 2.53. The van der Waals surface area contributed by atoms with E-state index in [-0.39, 0.29) is 23.3 Å². The van der Waals surface area contributed by atoms with Gasteiger partial charge in [0.2, 0.25) is 10.0 Å². The first-order valence-corrected chi connectivity index (χ1v) is 11.2. The first-order valence-electron chi connectivity index (χ1n) is 9.77. The lowest BCUT2D eigenvalue weighted by molar-refractivity contribution is 0.0365. The van der Waals surface area contributed by atoms with Crippen LogP contribution in [0.1, 0.15) is 24.8 Å². The van der Waals surface area contributed by atoms with E-state index in [9.17, 15) is 12.8 Å². The number of morpholine rings is 1. The molecule has 2 saturated heterocycles. The van der Waals surface area contributed by atoms with Gasteiger partial charge in [0.25, 0.3) is 0 Å². The third-order valence-electron chi connectivity index (χ3n) is 5.37. The molecule has 1 aromatic rings. The molecule has 160 valence electrons. The van der Waals surface area contributed by atoms with E-state index in [4.69, 9.17) is 4.74 Å². The fraction of sp³-hybridized carbons (Fsp3) is 0.684. The van der Waals surface area contributed by atoms with Crippen molar-refractivity contribution in [2.45, 2.75) is 37.1 Å². The average Bonchev–Trinajstić information content (AvgIpc) is 2.68. The maximum atomic E-state index is 13.8. The molecule has 0 bridgehead atoms. The van der Waals surface area contributed by atoms with Crippen LogP contribution in [0.2, 0.25) is 0 Å². The normalized spacial score (nSPS) is 21.5. The number of aryl methyl sites for hydroxylation is 1. The molecule has 9 heteroatoms. The molecule has 6 nitrogen and oxygen atoms in total. The van der Waals surface area contributed by atoms with E-state index < -0.39 is 15.8 Å². The molecule has 2 aliphatic heterocycles. The number of hydrogen-bond donors (Lipinski definition) is 1. The van der Waals surface area contributed by atoms with Crippen molar-refractivity contribution in [2.75, 3.05) is 52.5 Å². The van der Waals surface area contributed by atoms with Gasteiger partial charge in [-0.25, -0.2) is 12.8 Å². The van der Waals surface area contributed by atoms with Gasteiger partial charge in [0.15, 0.2) is 0 Å². The molecule has 1 unspecified atom stereocenters. The van der Waals surface area contributed by atoms with E-state index in [0.29, 0.717) is 18.7 Å². The summed E-state index contributed by atoms with van der Waals surface area (Å²) in [5.41, 5.74) is 0.582. The molecular weight excluding hydrogens is 405 g/mol. The summed E-state index contributed by atoms with van der Waals surface area (Å²) < 4.78 is 47.5. The number of nitrogens with one attached hydrogen (secondary N) is 1. The summed E-state index contributed by atoms with van der Waals surface area (Å²) in [6.45, 7) is 7.81. The van der Waals surface area contributed by atoms with Crippen LogP contribution in [0.3, 0.4) is 0 Å². The van der Waals surface area contributed by atoms with Crippen LogP contribution in [0.15, 0.2) is 23.1 Å². The summed E-state index contributed by atoms with van der Waals surface area (Å²) in [4.78, 5) is 2.39. The van der Waals surface area contributed by atoms with Crippen molar-refractivity contribution in [3.8, 4) is 0 Å². The van der Waals surface area contributed by atoms with Crippen LogP contribution in [-0.4, -0.2) is 76.1 Å². The summed E-state index contributed by atoms with van der Waals surface area (Å²) >= 11 is 0. The summed E-state index contributed by atoms with van der Waals surface area (Å²) in [7, 11) is -3.75. The Morgan fingerprint density at radius 2 is 2.07 bits per heavy atom. The zero-order chi connectivity index (χ0) is 19.3. The Bertz CT molecular complexity index is 723. The van der Waals surface area contributed by atoms with Crippen LogP contribution in [0.5, 0.6) is 0 Å². The minimum absolute atomic E-state index is 0. The lowest BCUT2D eigenvalue weighted by atomic mass is 10.1. The highest BCUT2D eigenvalue weighted by Gasteiger charge is 2.33. The van der Waals surface area contributed by atoms with Crippen molar-refractivity contribution in [3.05, 3.63) is 29.6 Å². The molecule has 0 saturated carbocycles. The van der Waals surface area contributed by atoms with Crippen molar-refractivity contribution < 1.29 is 17.5 Å². The monoisotopic (exact) mass is 435 g/mol. The fourth-order valence-electron chi connectivity index (χ4n) is 3.83. The number of piperidine rings is 1. The predicted octanol–water partition coefficient (Wildman–Crippen LogP) is 2.02. The van der Waals surface area contributed by atoms with Crippen LogP contribution in [0.25, 0.3) is 0 Å². The molecule has 0 spiro atoms. The molecule has 0 radical (unpaired) electrons. The molecule has 1 N–H and O–H groups in total. The molecule has 2 heterocycles. The van der Waals surface area contributed by atoms with Crippen LogP contribution >= 0.6 is 12.4 Å². The second kappa shape index (κ2) is 10.8. The van der Waals surface area contributed by atoms with E-state index in [1.165, 1.54) is 12.1 Å². The van der Waals surface area contributed by atoms with Crippen molar-refractivity contribution in [1.82, 2.24) is 14.5 Å². The summed E-state index contributed by atoms with van der Waals surface area (Å²) in [5, 5.41) is 3.30. The van der Waals surface area contributed by atoms with Gasteiger partial charge in [-0.05, 0) is 57.0 Å². The highest BCUT2D eigenvalue weighted by atomic mass is 35.5. The largest absolute Gasteiger partial charge is 0.379 e. The SMILES string of the molecule is Cc1ccc(F)cc1S(=O)(=O)N(CCCN1CCOCC1)C1CCCNC1.Cl. The van der Waals surface area contributed by atoms with Gasteiger partial charge in [0, 0.05) is 32.2 Å². The van der Waals surface area contributed by atoms with Gasteiger partial charge in [0.05, 0.1) is 18.1 Å². The molecule has 3 rings (SSSR count). The van der Waals surface area contributed by atoms with Crippen molar-refractivity contribution in [1.29, 1.82) is 0 Å². The number of ether oxygens (including phenoxy) is 1. The second-order valence-electron chi connectivity index (χ2n) is 7.33. The Balaban J connectivity index is 0.00000280. The van der Waals surface area contributed by atoms with Crippen molar-refractivity contribution in [2.24, 2.45) is 0 Å². The van der Waals surface area contributed by atoms with Crippen LogP contribution in [0, 0.1) is 12.7 Å². The number of sulfonamides is 1. The Morgan fingerprint density at radius 1 is 1.32 bits per heavy atom. The maximum absolute atomic E-state index is 13.8. The molecule has 2 fully saturated rings. The van der Waals surface area contributed by atoms with Gasteiger partial charge >= 0.3 is 0 Å². The predicted molar refractivity (Wildman–Crippen MR) is 110 cm³/mol. The Kier molecular flexibility index (Phi) is 9.11. The molecule has 2 aliphatic rings. The number of rotatable bonds is 7. The van der Waals surface area contributed by atoms with Crippen LogP contribution in [-0.2, 0) is 14.8 Å². The second-order valence-corrected chi connectivity index (χ2v) is 9.19. The molecule has 1 atom stereocenters. The van der Waals surface area contributed by atoms with Gasteiger partial charge < -0.3 is 10.1 Å². The minimum atomic E-state index is -3.75. The van der Waals surface area contributed by atoms with Crippen molar-refractivity contribution in [3.63, 3.8) is 0 Å². The van der Waals surface area contributed by atoms with Crippen LogP contribution in [0.4, 0.5) is 4.39 Å². The highest BCUT2D eigenvalue weighted by Crippen LogP contribution is 2.25. The molecule has 0 aromatic heterocycles. The lowest BCUT2D eigenvalue weighted by Crippen LogP contribution is -2.49. The van der Waals surface area contributed by atoms with Crippen LogP contribution < -0.4 is 5.32 Å². The first-order chi connectivity index (χ1) is 13.0. The number of halogens is 2. The average molecular weight is 436 g/mol. The van der Waals surface area contributed by atoms with E-state index in [0.717, 1.165) is 64.7 Å². The maximum Gasteiger partial charge on any atom is 0.243 e. The Morgan fingerprint density at radius 3 is 2.75 bits per heavy atom. The van der Waals surface area contributed by atoms with Gasteiger partial charge in [0.1, 0.15) is 5.82 Å². The van der Waals surface area contributed by atoms with E-state index >= 15 is 0 Å². The molecule has 0 amide bonds. The van der Waals surface area contributed by atoms with Gasteiger partial charge in [-0.2, -0.15) is 4.31 Å². The Labute approximate surface area is 173 Å². The molecule has 0 aliphatic carbocycles. The topological polar surface area (TPSA) is 61.9 Å². The first kappa shape index (κ1) is 23.5. The third kappa shape index (κ3) is 5.87. The lowest BCUT2D eigenvalue weighted by Gasteiger charge is -2.35. The fourth-order valence-corrected chi connectivity index (χ4v) is 5.76. The number of hydrogen-bond acceptors (Lipinski definition) is 5. The Hall–Kier alpha value is -0.770. The van der Waals surface area contributed by atoms with Crippen molar-refractivity contribution >= 4 is 22.4 Å². The quantitative estimate of drug-likeness (QED) is 0.710. The van der Waals surface area contributed by atoms with Gasteiger partial charge in [-0.1, -0.05) is 6.07 Å². The number of nitrogens with zero attached hydrogens (tertiary/aromatic N) is 2. The highest BCUT2D eigenvalue weighted by molar-refractivity contribution is 7.89. The molecule has 1 aromatic carbocycles. The van der Waals surface area contributed by atoms with Gasteiger partial charge in [-0.3, -0.25) is 4.90 Å². The summed E-state index contributed by atoms with van der Waals surface area (Å²) in [6, 6.07) is 3.90. The van der Waals surface area contributed by atoms with E-state index in [2.05, 4.69) is 10.2 Å². The smallest absolute Gasteiger partial charge is 0.243 e. The third-order valence-corrected chi connectivity index (χ3v) is 7.47. The summed E-state index contributed by atoms with van der Waals surface area (Å²) in [5.74, 6) is -0.519. The number of benzene rings is 1.